The van der Waals surface area contributed by atoms with Crippen LogP contribution in [0.1, 0.15) is 34.7 Å². The van der Waals surface area contributed by atoms with Gasteiger partial charge in [0.2, 0.25) is 0 Å². The van der Waals surface area contributed by atoms with Crippen LogP contribution in [0.4, 0.5) is 0 Å². The van der Waals surface area contributed by atoms with Gasteiger partial charge in [0, 0.05) is 19.7 Å². The molecule has 1 atom stereocenters. The first-order chi connectivity index (χ1) is 9.41. The van der Waals surface area contributed by atoms with Crippen molar-refractivity contribution in [1.82, 2.24) is 14.7 Å². The van der Waals surface area contributed by atoms with Gasteiger partial charge in [0.25, 0.3) is 5.91 Å². The molecule has 2 rings (SSSR count). The molecule has 1 aromatic heterocycles. The molecule has 2 aromatic rings. The van der Waals surface area contributed by atoms with Gasteiger partial charge in [-0.25, -0.2) is 0 Å². The van der Waals surface area contributed by atoms with Gasteiger partial charge < -0.3 is 10.0 Å². The fourth-order valence-corrected chi connectivity index (χ4v) is 2.22. The number of rotatable bonds is 3. The van der Waals surface area contributed by atoms with Crippen molar-refractivity contribution < 1.29 is 9.90 Å². The molecule has 5 nitrogen and oxygen atoms in total. The van der Waals surface area contributed by atoms with Crippen LogP contribution in [-0.4, -0.2) is 32.7 Å². The van der Waals surface area contributed by atoms with Crippen molar-refractivity contribution in [2.45, 2.75) is 19.9 Å². The van der Waals surface area contributed by atoms with Crippen LogP contribution in [0.2, 0.25) is 0 Å². The van der Waals surface area contributed by atoms with Gasteiger partial charge in [-0.15, -0.1) is 0 Å². The number of phenols is 1. The maximum atomic E-state index is 12.5. The molecule has 0 saturated carbocycles. The summed E-state index contributed by atoms with van der Waals surface area (Å²) in [5.74, 6) is 0.0738. The van der Waals surface area contributed by atoms with E-state index in [2.05, 4.69) is 5.10 Å². The molecule has 1 amide bonds. The first-order valence-corrected chi connectivity index (χ1v) is 6.47. The highest BCUT2D eigenvalue weighted by molar-refractivity contribution is 5.92. The van der Waals surface area contributed by atoms with E-state index in [1.54, 1.807) is 41.9 Å². The van der Waals surface area contributed by atoms with Gasteiger partial charge in [0.1, 0.15) is 11.4 Å². The zero-order valence-corrected chi connectivity index (χ0v) is 12.2. The second kappa shape index (κ2) is 5.36. The number of hydrogen-bond donors (Lipinski definition) is 1. The lowest BCUT2D eigenvalue weighted by Crippen LogP contribution is -2.31. The van der Waals surface area contributed by atoms with Gasteiger partial charge in [-0.05, 0) is 26.0 Å². The van der Waals surface area contributed by atoms with E-state index in [0.717, 1.165) is 11.3 Å². The molecule has 106 valence electrons. The molecule has 0 saturated heterocycles. The Hall–Kier alpha value is -2.30. The van der Waals surface area contributed by atoms with Crippen LogP contribution in [0.25, 0.3) is 0 Å². The van der Waals surface area contributed by atoms with Crippen LogP contribution in [0, 0.1) is 6.92 Å². The largest absolute Gasteiger partial charge is 0.508 e. The molecule has 1 heterocycles. The highest BCUT2D eigenvalue weighted by Crippen LogP contribution is 2.28. The Kier molecular flexibility index (Phi) is 3.79. The quantitative estimate of drug-likeness (QED) is 0.933. The summed E-state index contributed by atoms with van der Waals surface area (Å²) in [4.78, 5) is 14.1. The van der Waals surface area contributed by atoms with Gasteiger partial charge in [0.05, 0.1) is 11.7 Å². The second-order valence-electron chi connectivity index (χ2n) is 4.95. The number of benzene rings is 1. The fraction of sp³-hybridized carbons (Fsp3) is 0.333. The Labute approximate surface area is 118 Å². The minimum atomic E-state index is -0.223. The van der Waals surface area contributed by atoms with E-state index < -0.39 is 0 Å². The summed E-state index contributed by atoms with van der Waals surface area (Å²) in [5, 5.41) is 14.1. The molecule has 5 heteroatoms. The number of hydrogen-bond acceptors (Lipinski definition) is 3. The van der Waals surface area contributed by atoms with Crippen LogP contribution in [0.3, 0.4) is 0 Å². The third kappa shape index (κ3) is 2.52. The van der Waals surface area contributed by atoms with Gasteiger partial charge in [0.15, 0.2) is 0 Å². The van der Waals surface area contributed by atoms with Crippen LogP contribution < -0.4 is 0 Å². The minimum Gasteiger partial charge on any atom is -0.508 e. The predicted octanol–water partition coefficient (Wildman–Crippen LogP) is 2.27. The first-order valence-electron chi connectivity index (χ1n) is 6.47. The van der Waals surface area contributed by atoms with E-state index in [1.807, 2.05) is 26.0 Å². The van der Waals surface area contributed by atoms with Crippen molar-refractivity contribution in [3.63, 3.8) is 0 Å². The number of nitrogens with zero attached hydrogens (tertiary/aromatic N) is 3. The summed E-state index contributed by atoms with van der Waals surface area (Å²) in [5.41, 5.74) is 2.06. The molecule has 1 aromatic carbocycles. The Bertz CT molecular complexity index is 634. The molecular formula is C15H19N3O2. The normalized spacial score (nSPS) is 12.2. The highest BCUT2D eigenvalue weighted by Gasteiger charge is 2.23. The Morgan fingerprint density at radius 1 is 1.40 bits per heavy atom. The van der Waals surface area contributed by atoms with Crippen LogP contribution in [0.5, 0.6) is 5.75 Å². The Morgan fingerprint density at radius 3 is 2.60 bits per heavy atom. The van der Waals surface area contributed by atoms with E-state index in [4.69, 9.17) is 0 Å². The average molecular weight is 273 g/mol. The first kappa shape index (κ1) is 14.1. The molecule has 0 bridgehead atoms. The van der Waals surface area contributed by atoms with Crippen molar-refractivity contribution in [3.8, 4) is 5.75 Å². The summed E-state index contributed by atoms with van der Waals surface area (Å²) < 4.78 is 1.58. The van der Waals surface area contributed by atoms with E-state index in [-0.39, 0.29) is 17.7 Å². The number of aromatic hydroxyl groups is 1. The summed E-state index contributed by atoms with van der Waals surface area (Å²) in [6.45, 7) is 3.74. The Morgan fingerprint density at radius 2 is 2.05 bits per heavy atom. The number of aromatic nitrogens is 2. The van der Waals surface area contributed by atoms with Crippen molar-refractivity contribution in [2.75, 3.05) is 7.05 Å². The monoisotopic (exact) mass is 273 g/mol. The SMILES string of the molecule is Cc1cc(C(=O)N(C)C(C)c2ccccc2O)n(C)n1. The summed E-state index contributed by atoms with van der Waals surface area (Å²) in [7, 11) is 3.47. The standard InChI is InChI=1S/C15H19N3O2/c1-10-9-13(18(4)16-10)15(20)17(3)11(2)12-7-5-6-8-14(12)19/h5-9,11,19H,1-4H3. The van der Waals surface area contributed by atoms with Gasteiger partial charge in [-0.2, -0.15) is 5.10 Å². The maximum Gasteiger partial charge on any atom is 0.272 e. The van der Waals surface area contributed by atoms with Gasteiger partial charge in [-0.1, -0.05) is 18.2 Å². The van der Waals surface area contributed by atoms with E-state index in [9.17, 15) is 9.90 Å². The molecule has 0 aliphatic heterocycles. The summed E-state index contributed by atoms with van der Waals surface area (Å²) in [6.07, 6.45) is 0. The van der Waals surface area contributed by atoms with Crippen molar-refractivity contribution in [1.29, 1.82) is 0 Å². The predicted molar refractivity (Wildman–Crippen MR) is 76.6 cm³/mol. The summed E-state index contributed by atoms with van der Waals surface area (Å²) >= 11 is 0. The molecule has 0 aliphatic rings. The van der Waals surface area contributed by atoms with E-state index in [0.29, 0.717) is 5.69 Å². The zero-order chi connectivity index (χ0) is 14.9. The molecule has 20 heavy (non-hydrogen) atoms. The molecule has 0 spiro atoms. The molecular weight excluding hydrogens is 254 g/mol. The lowest BCUT2D eigenvalue weighted by Gasteiger charge is -2.25. The second-order valence-corrected chi connectivity index (χ2v) is 4.95. The average Bonchev–Trinajstić information content (AvgIpc) is 2.76. The third-order valence-electron chi connectivity index (χ3n) is 3.51. The minimum absolute atomic E-state index is 0.121. The zero-order valence-electron chi connectivity index (χ0n) is 12.2. The van der Waals surface area contributed by atoms with Crippen LogP contribution >= 0.6 is 0 Å². The number of aryl methyl sites for hydroxylation is 2. The molecule has 1 N–H and O–H groups in total. The van der Waals surface area contributed by atoms with Gasteiger partial charge >= 0.3 is 0 Å². The summed E-state index contributed by atoms with van der Waals surface area (Å²) in [6, 6.07) is 8.59. The number of amides is 1. The maximum absolute atomic E-state index is 12.5. The third-order valence-corrected chi connectivity index (χ3v) is 3.51. The van der Waals surface area contributed by atoms with Crippen molar-refractivity contribution in [2.24, 2.45) is 7.05 Å². The smallest absolute Gasteiger partial charge is 0.272 e. The number of carbonyl (C=O) groups is 1. The van der Waals surface area contributed by atoms with Crippen LogP contribution in [-0.2, 0) is 7.05 Å². The lowest BCUT2D eigenvalue weighted by molar-refractivity contribution is 0.0730. The topological polar surface area (TPSA) is 58.4 Å². The van der Waals surface area contributed by atoms with Crippen molar-refractivity contribution >= 4 is 5.91 Å². The molecule has 0 radical (unpaired) electrons. The molecule has 0 aliphatic carbocycles. The van der Waals surface area contributed by atoms with E-state index >= 15 is 0 Å². The highest BCUT2D eigenvalue weighted by atomic mass is 16.3. The Balaban J connectivity index is 2.27. The van der Waals surface area contributed by atoms with E-state index in [1.165, 1.54) is 0 Å². The number of para-hydroxylation sites is 1. The molecule has 1 unspecified atom stereocenters. The number of phenolic OH excluding ortho intramolecular Hbond substituents is 1. The number of carbonyl (C=O) groups excluding carboxylic acids is 1. The lowest BCUT2D eigenvalue weighted by atomic mass is 10.1. The van der Waals surface area contributed by atoms with Gasteiger partial charge in [-0.3, -0.25) is 9.48 Å². The van der Waals surface area contributed by atoms with Crippen LogP contribution in [0.15, 0.2) is 30.3 Å². The molecule has 0 fully saturated rings. The van der Waals surface area contributed by atoms with Crippen molar-refractivity contribution in [3.05, 3.63) is 47.3 Å². The fourth-order valence-electron chi connectivity index (χ4n) is 2.22.